The molecule has 0 bridgehead atoms. The zero-order valence-corrected chi connectivity index (χ0v) is 14.5. The van der Waals surface area contributed by atoms with E-state index in [2.05, 4.69) is 11.8 Å². The van der Waals surface area contributed by atoms with E-state index in [9.17, 15) is 9.90 Å². The number of hydrogen-bond acceptors (Lipinski definition) is 4. The first kappa shape index (κ1) is 17.2. The lowest BCUT2D eigenvalue weighted by molar-refractivity contribution is -0.117. The topological polar surface area (TPSA) is 53.0 Å². The first-order valence-corrected chi connectivity index (χ1v) is 9.05. The molecule has 24 heavy (non-hydrogen) atoms. The molecule has 0 aromatic heterocycles. The Morgan fingerprint density at radius 3 is 2.79 bits per heavy atom. The van der Waals surface area contributed by atoms with Crippen LogP contribution in [0.3, 0.4) is 0 Å². The summed E-state index contributed by atoms with van der Waals surface area (Å²) in [7, 11) is 0. The molecule has 1 atom stereocenters. The lowest BCUT2D eigenvalue weighted by Gasteiger charge is -2.31. The fraction of sp³-hybridized carbons (Fsp3) is 0.632. The molecular formula is C19H28N2O3. The summed E-state index contributed by atoms with van der Waals surface area (Å²) in [5.74, 6) is 1.68. The summed E-state index contributed by atoms with van der Waals surface area (Å²) < 4.78 is 5.75. The number of aliphatic hydroxyl groups is 1. The summed E-state index contributed by atoms with van der Waals surface area (Å²) >= 11 is 0. The van der Waals surface area contributed by atoms with Crippen LogP contribution in [0.4, 0.5) is 5.69 Å². The van der Waals surface area contributed by atoms with Crippen molar-refractivity contribution in [2.75, 3.05) is 37.7 Å². The summed E-state index contributed by atoms with van der Waals surface area (Å²) in [6.07, 6.45) is 3.46. The van der Waals surface area contributed by atoms with Gasteiger partial charge in [0, 0.05) is 31.3 Å². The van der Waals surface area contributed by atoms with Gasteiger partial charge >= 0.3 is 0 Å². The average molecular weight is 332 g/mol. The second-order valence-electron chi connectivity index (χ2n) is 7.09. The lowest BCUT2D eigenvalue weighted by Crippen LogP contribution is -2.40. The van der Waals surface area contributed by atoms with Crippen molar-refractivity contribution in [1.82, 2.24) is 4.90 Å². The van der Waals surface area contributed by atoms with Crippen molar-refractivity contribution in [2.24, 2.45) is 5.92 Å². The molecule has 0 aliphatic carbocycles. The Morgan fingerprint density at radius 1 is 1.29 bits per heavy atom. The van der Waals surface area contributed by atoms with Gasteiger partial charge in [-0.1, -0.05) is 13.0 Å². The quantitative estimate of drug-likeness (QED) is 0.868. The molecule has 132 valence electrons. The minimum Gasteiger partial charge on any atom is -0.491 e. The van der Waals surface area contributed by atoms with E-state index in [0.717, 1.165) is 37.7 Å². The normalized spacial score (nSPS) is 21.2. The maximum absolute atomic E-state index is 11.8. The first-order valence-electron chi connectivity index (χ1n) is 9.05. The van der Waals surface area contributed by atoms with Gasteiger partial charge in [-0.25, -0.2) is 0 Å². The van der Waals surface area contributed by atoms with Crippen LogP contribution < -0.4 is 9.64 Å². The Balaban J connectivity index is 1.48. The number of carbonyl (C=O) groups excluding carboxylic acids is 1. The van der Waals surface area contributed by atoms with Crippen LogP contribution in [0.25, 0.3) is 0 Å². The molecule has 2 aliphatic heterocycles. The number of amides is 1. The van der Waals surface area contributed by atoms with E-state index >= 15 is 0 Å². The molecule has 5 heteroatoms. The van der Waals surface area contributed by atoms with Gasteiger partial charge in [-0.2, -0.15) is 0 Å². The number of piperidine rings is 1. The third kappa shape index (κ3) is 4.48. The summed E-state index contributed by atoms with van der Waals surface area (Å²) in [4.78, 5) is 16.0. The van der Waals surface area contributed by atoms with E-state index < -0.39 is 6.10 Å². The Hall–Kier alpha value is -1.59. The molecule has 1 aromatic carbocycles. The van der Waals surface area contributed by atoms with E-state index in [1.165, 1.54) is 12.8 Å². The van der Waals surface area contributed by atoms with E-state index in [4.69, 9.17) is 4.74 Å². The number of nitrogens with zero attached hydrogens (tertiary/aromatic N) is 2. The van der Waals surface area contributed by atoms with Crippen LogP contribution in [-0.4, -0.2) is 54.8 Å². The van der Waals surface area contributed by atoms with Crippen LogP contribution >= 0.6 is 0 Å². The first-order chi connectivity index (χ1) is 11.6. The van der Waals surface area contributed by atoms with Crippen LogP contribution in [0.2, 0.25) is 0 Å². The molecule has 1 aromatic rings. The van der Waals surface area contributed by atoms with Gasteiger partial charge in [0.1, 0.15) is 18.5 Å². The van der Waals surface area contributed by atoms with Gasteiger partial charge in [-0.15, -0.1) is 0 Å². The second-order valence-corrected chi connectivity index (χ2v) is 7.09. The van der Waals surface area contributed by atoms with Crippen molar-refractivity contribution < 1.29 is 14.6 Å². The van der Waals surface area contributed by atoms with Crippen molar-refractivity contribution in [1.29, 1.82) is 0 Å². The molecule has 1 amide bonds. The van der Waals surface area contributed by atoms with Gasteiger partial charge in [0.25, 0.3) is 0 Å². The van der Waals surface area contributed by atoms with Gasteiger partial charge in [0.05, 0.1) is 0 Å². The largest absolute Gasteiger partial charge is 0.491 e. The van der Waals surface area contributed by atoms with E-state index in [0.29, 0.717) is 18.7 Å². The molecule has 2 saturated heterocycles. The number of rotatable bonds is 6. The van der Waals surface area contributed by atoms with Crippen LogP contribution in [0.1, 0.15) is 32.6 Å². The minimum absolute atomic E-state index is 0.173. The number of aliphatic hydroxyl groups excluding tert-OH is 1. The zero-order chi connectivity index (χ0) is 16.9. The zero-order valence-electron chi connectivity index (χ0n) is 14.5. The lowest BCUT2D eigenvalue weighted by atomic mass is 9.99. The maximum atomic E-state index is 11.8. The summed E-state index contributed by atoms with van der Waals surface area (Å²) in [5, 5.41) is 10.2. The van der Waals surface area contributed by atoms with Crippen molar-refractivity contribution in [2.45, 2.75) is 38.7 Å². The predicted octanol–water partition coefficient (Wildman–Crippen LogP) is 2.29. The number of benzene rings is 1. The van der Waals surface area contributed by atoms with Gasteiger partial charge in [-0.05, 0) is 50.4 Å². The number of anilines is 1. The second kappa shape index (κ2) is 7.99. The number of likely N-dealkylation sites (tertiary alicyclic amines) is 1. The molecular weight excluding hydrogens is 304 g/mol. The fourth-order valence-electron chi connectivity index (χ4n) is 3.45. The third-order valence-electron chi connectivity index (χ3n) is 4.99. The number of β-amino-alcohol motifs (C(OH)–C–C–N with tert-alkyl or cyclic N) is 1. The van der Waals surface area contributed by atoms with Gasteiger partial charge in [0.15, 0.2) is 0 Å². The molecule has 2 aliphatic rings. The Bertz CT molecular complexity index is 555. The molecule has 1 N–H and O–H groups in total. The van der Waals surface area contributed by atoms with Gasteiger partial charge in [-0.3, -0.25) is 4.79 Å². The number of carbonyl (C=O) groups is 1. The third-order valence-corrected chi connectivity index (χ3v) is 4.99. The highest BCUT2D eigenvalue weighted by Crippen LogP contribution is 2.25. The molecule has 5 nitrogen and oxygen atoms in total. The van der Waals surface area contributed by atoms with Gasteiger partial charge < -0.3 is 19.6 Å². The summed E-state index contributed by atoms with van der Waals surface area (Å²) in [6, 6.07) is 7.59. The maximum Gasteiger partial charge on any atom is 0.227 e. The van der Waals surface area contributed by atoms with Crippen LogP contribution in [0.5, 0.6) is 5.75 Å². The van der Waals surface area contributed by atoms with Crippen LogP contribution in [0, 0.1) is 5.92 Å². The molecule has 0 unspecified atom stereocenters. The number of ether oxygens (including phenoxy) is 1. The fourth-order valence-corrected chi connectivity index (χ4v) is 3.45. The Morgan fingerprint density at radius 2 is 2.08 bits per heavy atom. The van der Waals surface area contributed by atoms with E-state index in [1.54, 1.807) is 4.90 Å². The molecule has 0 saturated carbocycles. The highest BCUT2D eigenvalue weighted by Gasteiger charge is 2.22. The van der Waals surface area contributed by atoms with Crippen molar-refractivity contribution >= 4 is 11.6 Å². The Kier molecular flexibility index (Phi) is 5.74. The minimum atomic E-state index is -0.490. The van der Waals surface area contributed by atoms with Gasteiger partial charge in [0.2, 0.25) is 5.91 Å². The average Bonchev–Trinajstić information content (AvgIpc) is 3.01. The smallest absolute Gasteiger partial charge is 0.227 e. The van der Waals surface area contributed by atoms with Crippen molar-refractivity contribution in [3.05, 3.63) is 24.3 Å². The van der Waals surface area contributed by atoms with E-state index in [1.807, 2.05) is 24.3 Å². The monoisotopic (exact) mass is 332 g/mol. The van der Waals surface area contributed by atoms with Crippen LogP contribution in [-0.2, 0) is 4.79 Å². The standard InChI is InChI=1S/C19H28N2O3/c1-15-7-10-20(11-8-15)13-17(22)14-24-18-5-2-4-16(12-18)21-9-3-6-19(21)23/h2,4-5,12,15,17,22H,3,6-11,13-14H2,1H3/t17-/m1/s1. The highest BCUT2D eigenvalue weighted by atomic mass is 16.5. The molecule has 3 rings (SSSR count). The van der Waals surface area contributed by atoms with Crippen molar-refractivity contribution in [3.63, 3.8) is 0 Å². The summed E-state index contributed by atoms with van der Waals surface area (Å²) in [5.41, 5.74) is 0.884. The molecule has 0 spiro atoms. The molecule has 0 radical (unpaired) electrons. The van der Waals surface area contributed by atoms with E-state index in [-0.39, 0.29) is 12.5 Å². The number of hydrogen-bond donors (Lipinski definition) is 1. The molecule has 2 heterocycles. The Labute approximate surface area is 144 Å². The van der Waals surface area contributed by atoms with Crippen molar-refractivity contribution in [3.8, 4) is 5.75 Å². The predicted molar refractivity (Wildman–Crippen MR) is 94.4 cm³/mol. The molecule has 2 fully saturated rings. The summed E-state index contributed by atoms with van der Waals surface area (Å²) in [6.45, 7) is 6.13. The highest BCUT2D eigenvalue weighted by molar-refractivity contribution is 5.95. The van der Waals surface area contributed by atoms with Crippen LogP contribution in [0.15, 0.2) is 24.3 Å². The SMILES string of the molecule is CC1CCN(C[C@@H](O)COc2cccc(N3CCCC3=O)c2)CC1.